The molecule has 1 aliphatic heterocycles. The Balaban J connectivity index is 1.97. The third kappa shape index (κ3) is 2.73. The lowest BCUT2D eigenvalue weighted by Gasteiger charge is -2.12. The number of carbonyl (C=O) groups excluding carboxylic acids is 1. The number of hydrogen-bond donors (Lipinski definition) is 2. The fourth-order valence-corrected chi connectivity index (χ4v) is 1.82. The Hall–Kier alpha value is -2.18. The number of hydrogen-bond acceptors (Lipinski definition) is 4. The topological polar surface area (TPSA) is 84.3 Å². The first-order valence-corrected chi connectivity index (χ1v) is 5.53. The molecule has 18 heavy (non-hydrogen) atoms. The van der Waals surface area contributed by atoms with Crippen molar-refractivity contribution in [2.45, 2.75) is 18.9 Å². The first-order chi connectivity index (χ1) is 8.56. The molecule has 6 nitrogen and oxygen atoms in total. The van der Waals surface area contributed by atoms with Gasteiger partial charge in [0.05, 0.1) is 16.7 Å². The van der Waals surface area contributed by atoms with Gasteiger partial charge in [-0.25, -0.2) is 4.39 Å². The van der Waals surface area contributed by atoms with Gasteiger partial charge in [0.2, 0.25) is 5.91 Å². The van der Waals surface area contributed by atoms with Crippen LogP contribution in [0.1, 0.15) is 12.8 Å². The molecule has 1 atom stereocenters. The van der Waals surface area contributed by atoms with E-state index in [0.717, 1.165) is 6.07 Å². The normalized spacial score (nSPS) is 18.5. The molecule has 0 aromatic heterocycles. The number of nitrogens with one attached hydrogen (secondary N) is 2. The molecule has 1 fully saturated rings. The molecule has 1 saturated heterocycles. The number of amides is 1. The Bertz CT molecular complexity index is 492. The molecule has 2 rings (SSSR count). The molecule has 0 saturated carbocycles. The van der Waals surface area contributed by atoms with Gasteiger partial charge in [-0.15, -0.1) is 0 Å². The summed E-state index contributed by atoms with van der Waals surface area (Å²) >= 11 is 0. The Morgan fingerprint density at radius 3 is 2.89 bits per heavy atom. The lowest BCUT2D eigenvalue weighted by Crippen LogP contribution is -2.31. The van der Waals surface area contributed by atoms with Crippen LogP contribution >= 0.6 is 0 Å². The second-order valence-electron chi connectivity index (χ2n) is 4.11. The highest BCUT2D eigenvalue weighted by atomic mass is 19.1. The van der Waals surface area contributed by atoms with E-state index in [-0.39, 0.29) is 23.3 Å². The summed E-state index contributed by atoms with van der Waals surface area (Å²) in [6, 6.07) is 3.41. The standard InChI is InChI=1S/C11H12FN3O3/c12-9-5-8(15(17)18)2-3-10(9)13-6-7-1-4-11(16)14-7/h2-3,5,7,13H,1,4,6H2,(H,14,16). The minimum absolute atomic E-state index is 0.00836. The molecule has 7 heteroatoms. The Labute approximate surface area is 102 Å². The van der Waals surface area contributed by atoms with Crippen LogP contribution in [0.4, 0.5) is 15.8 Å². The number of rotatable bonds is 4. The van der Waals surface area contributed by atoms with Crippen molar-refractivity contribution in [3.63, 3.8) is 0 Å². The number of benzene rings is 1. The lowest BCUT2D eigenvalue weighted by atomic mass is 10.2. The van der Waals surface area contributed by atoms with Gasteiger partial charge in [0.1, 0.15) is 0 Å². The Morgan fingerprint density at radius 2 is 2.33 bits per heavy atom. The predicted molar refractivity (Wildman–Crippen MR) is 62.7 cm³/mol. The van der Waals surface area contributed by atoms with Crippen LogP contribution in [0.25, 0.3) is 0 Å². The predicted octanol–water partition coefficient (Wildman–Crippen LogP) is 1.42. The molecule has 1 aliphatic rings. The molecule has 1 heterocycles. The monoisotopic (exact) mass is 253 g/mol. The third-order valence-corrected chi connectivity index (χ3v) is 2.79. The Morgan fingerprint density at radius 1 is 1.56 bits per heavy atom. The number of carbonyl (C=O) groups is 1. The largest absolute Gasteiger partial charge is 0.381 e. The quantitative estimate of drug-likeness (QED) is 0.628. The highest BCUT2D eigenvalue weighted by molar-refractivity contribution is 5.78. The summed E-state index contributed by atoms with van der Waals surface area (Å²) in [4.78, 5) is 20.8. The zero-order valence-corrected chi connectivity index (χ0v) is 9.48. The van der Waals surface area contributed by atoms with Crippen molar-refractivity contribution in [1.82, 2.24) is 5.32 Å². The SMILES string of the molecule is O=C1CCC(CNc2ccc([N+](=O)[O-])cc2F)N1. The molecule has 1 aromatic carbocycles. The number of nitrogens with zero attached hydrogens (tertiary/aromatic N) is 1. The number of halogens is 1. The molecular weight excluding hydrogens is 241 g/mol. The van der Waals surface area contributed by atoms with Gasteiger partial charge in [0.25, 0.3) is 5.69 Å². The first kappa shape index (κ1) is 12.3. The highest BCUT2D eigenvalue weighted by Crippen LogP contribution is 2.20. The summed E-state index contributed by atoms with van der Waals surface area (Å²) < 4.78 is 13.5. The zero-order chi connectivity index (χ0) is 13.1. The number of anilines is 1. The number of nitro groups is 1. The van der Waals surface area contributed by atoms with Crippen molar-refractivity contribution in [2.75, 3.05) is 11.9 Å². The second-order valence-corrected chi connectivity index (χ2v) is 4.11. The first-order valence-electron chi connectivity index (χ1n) is 5.53. The van der Waals surface area contributed by atoms with Gasteiger partial charge in [-0.2, -0.15) is 0 Å². The van der Waals surface area contributed by atoms with Crippen molar-refractivity contribution in [3.8, 4) is 0 Å². The van der Waals surface area contributed by atoms with Crippen LogP contribution in [0, 0.1) is 15.9 Å². The van der Waals surface area contributed by atoms with E-state index >= 15 is 0 Å². The molecule has 0 spiro atoms. The maximum atomic E-state index is 13.5. The molecule has 1 amide bonds. The smallest absolute Gasteiger partial charge is 0.272 e. The van der Waals surface area contributed by atoms with E-state index < -0.39 is 10.7 Å². The highest BCUT2D eigenvalue weighted by Gasteiger charge is 2.20. The molecular formula is C11H12FN3O3. The third-order valence-electron chi connectivity index (χ3n) is 2.79. The van der Waals surface area contributed by atoms with E-state index in [2.05, 4.69) is 10.6 Å². The van der Waals surface area contributed by atoms with Crippen molar-refractivity contribution in [3.05, 3.63) is 34.1 Å². The van der Waals surface area contributed by atoms with Gasteiger partial charge in [-0.05, 0) is 12.5 Å². The molecule has 0 bridgehead atoms. The average molecular weight is 253 g/mol. The zero-order valence-electron chi connectivity index (χ0n) is 9.48. The second kappa shape index (κ2) is 4.99. The van der Waals surface area contributed by atoms with Crippen LogP contribution in [0.15, 0.2) is 18.2 Å². The van der Waals surface area contributed by atoms with Gasteiger partial charge in [0, 0.05) is 25.1 Å². The lowest BCUT2D eigenvalue weighted by molar-refractivity contribution is -0.385. The van der Waals surface area contributed by atoms with Crippen molar-refractivity contribution in [1.29, 1.82) is 0 Å². The van der Waals surface area contributed by atoms with Crippen LogP contribution in [-0.2, 0) is 4.79 Å². The summed E-state index contributed by atoms with van der Waals surface area (Å²) in [5.41, 5.74) is -0.0889. The van der Waals surface area contributed by atoms with Gasteiger partial charge in [0.15, 0.2) is 5.82 Å². The maximum Gasteiger partial charge on any atom is 0.272 e. The van der Waals surface area contributed by atoms with Crippen LogP contribution in [0.2, 0.25) is 0 Å². The van der Waals surface area contributed by atoms with E-state index in [0.29, 0.717) is 19.4 Å². The van der Waals surface area contributed by atoms with E-state index in [9.17, 15) is 19.3 Å². The maximum absolute atomic E-state index is 13.5. The van der Waals surface area contributed by atoms with Crippen molar-refractivity contribution < 1.29 is 14.1 Å². The minimum atomic E-state index is -0.673. The van der Waals surface area contributed by atoms with Crippen molar-refractivity contribution >= 4 is 17.3 Å². The number of non-ortho nitro benzene ring substituents is 1. The van der Waals surface area contributed by atoms with Gasteiger partial charge in [-0.1, -0.05) is 0 Å². The average Bonchev–Trinajstić information content (AvgIpc) is 2.73. The van der Waals surface area contributed by atoms with Gasteiger partial charge >= 0.3 is 0 Å². The molecule has 0 aliphatic carbocycles. The van der Waals surface area contributed by atoms with E-state index in [1.165, 1.54) is 12.1 Å². The molecule has 2 N–H and O–H groups in total. The van der Waals surface area contributed by atoms with Gasteiger partial charge < -0.3 is 10.6 Å². The summed E-state index contributed by atoms with van der Waals surface area (Å²) in [7, 11) is 0. The summed E-state index contributed by atoms with van der Waals surface area (Å²) in [6.45, 7) is 0.403. The van der Waals surface area contributed by atoms with Crippen LogP contribution < -0.4 is 10.6 Å². The molecule has 0 radical (unpaired) electrons. The van der Waals surface area contributed by atoms with E-state index in [1.807, 2.05) is 0 Å². The Kier molecular flexibility index (Phi) is 3.40. The minimum Gasteiger partial charge on any atom is -0.381 e. The fourth-order valence-electron chi connectivity index (χ4n) is 1.82. The van der Waals surface area contributed by atoms with Crippen LogP contribution in [-0.4, -0.2) is 23.4 Å². The summed E-state index contributed by atoms with van der Waals surface area (Å²) in [5, 5.41) is 16.0. The summed E-state index contributed by atoms with van der Waals surface area (Å²) in [6.07, 6.45) is 1.19. The van der Waals surface area contributed by atoms with Crippen LogP contribution in [0.3, 0.4) is 0 Å². The molecule has 1 unspecified atom stereocenters. The molecule has 1 aromatic rings. The van der Waals surface area contributed by atoms with E-state index in [4.69, 9.17) is 0 Å². The fraction of sp³-hybridized carbons (Fsp3) is 0.364. The van der Waals surface area contributed by atoms with E-state index in [1.54, 1.807) is 0 Å². The van der Waals surface area contributed by atoms with Gasteiger partial charge in [-0.3, -0.25) is 14.9 Å². The van der Waals surface area contributed by atoms with Crippen LogP contribution in [0.5, 0.6) is 0 Å². The summed E-state index contributed by atoms with van der Waals surface area (Å²) in [5.74, 6) is -0.681. The van der Waals surface area contributed by atoms with Crippen molar-refractivity contribution in [2.24, 2.45) is 0 Å². The molecule has 96 valence electrons. The number of nitro benzene ring substituents is 1.